The molecule has 4 unspecified atom stereocenters. The minimum atomic E-state index is -0.00363. The molecule has 0 saturated carbocycles. The zero-order chi connectivity index (χ0) is 7.84. The number of rotatable bonds is 4. The molecule has 5 heteroatoms. The summed E-state index contributed by atoms with van der Waals surface area (Å²) < 4.78 is 15.6. The fourth-order valence-corrected chi connectivity index (χ4v) is 2.08. The van der Waals surface area contributed by atoms with Crippen molar-refractivity contribution in [1.82, 2.24) is 0 Å². The van der Waals surface area contributed by atoms with Gasteiger partial charge >= 0.3 is 0 Å². The van der Waals surface area contributed by atoms with Crippen LogP contribution in [0.5, 0.6) is 0 Å². The molecular formula is C6H8Br2O3. The third kappa shape index (κ3) is 2.39. The highest BCUT2D eigenvalue weighted by Crippen LogP contribution is 2.29. The lowest BCUT2D eigenvalue weighted by atomic mass is 10.5. The van der Waals surface area contributed by atoms with Gasteiger partial charge in [-0.15, -0.1) is 0 Å². The van der Waals surface area contributed by atoms with Gasteiger partial charge in [0.15, 0.2) is 0 Å². The van der Waals surface area contributed by atoms with Gasteiger partial charge in [0.05, 0.1) is 13.2 Å². The summed E-state index contributed by atoms with van der Waals surface area (Å²) in [6.07, 6.45) is 0.461. The number of ether oxygens (including phenoxy) is 3. The quantitative estimate of drug-likeness (QED) is 0.576. The van der Waals surface area contributed by atoms with Gasteiger partial charge in [0, 0.05) is 0 Å². The summed E-state index contributed by atoms with van der Waals surface area (Å²) in [4.78, 5) is 0. The van der Waals surface area contributed by atoms with Gasteiger partial charge in [-0.2, -0.15) is 0 Å². The molecule has 0 radical (unpaired) electrons. The Labute approximate surface area is 81.6 Å². The van der Waals surface area contributed by atoms with E-state index in [-0.39, 0.29) is 22.2 Å². The van der Waals surface area contributed by atoms with Gasteiger partial charge in [0.2, 0.25) is 0 Å². The Morgan fingerprint density at radius 2 is 1.45 bits per heavy atom. The van der Waals surface area contributed by atoms with E-state index in [0.29, 0.717) is 0 Å². The SMILES string of the molecule is BrC(OC(Br)C1CO1)C1CO1. The highest BCUT2D eigenvalue weighted by atomic mass is 79.9. The number of halogens is 2. The van der Waals surface area contributed by atoms with Crippen LogP contribution in [-0.4, -0.2) is 35.4 Å². The molecule has 0 aliphatic carbocycles. The molecule has 2 saturated heterocycles. The second-order valence-corrected chi connectivity index (χ2v) is 4.39. The average molecular weight is 288 g/mol. The molecule has 2 rings (SSSR count). The molecule has 3 nitrogen and oxygen atoms in total. The van der Waals surface area contributed by atoms with Crippen molar-refractivity contribution in [3.8, 4) is 0 Å². The highest BCUT2D eigenvalue weighted by molar-refractivity contribution is 9.10. The number of hydrogen-bond donors (Lipinski definition) is 0. The summed E-state index contributed by atoms with van der Waals surface area (Å²) in [6.45, 7) is 1.59. The monoisotopic (exact) mass is 286 g/mol. The fraction of sp³-hybridized carbons (Fsp3) is 1.00. The molecule has 0 aromatic rings. The molecular weight excluding hydrogens is 280 g/mol. The van der Waals surface area contributed by atoms with E-state index in [1.54, 1.807) is 0 Å². The predicted molar refractivity (Wildman–Crippen MR) is 46.0 cm³/mol. The third-order valence-corrected chi connectivity index (χ3v) is 3.17. The van der Waals surface area contributed by atoms with E-state index in [4.69, 9.17) is 14.2 Å². The van der Waals surface area contributed by atoms with Gasteiger partial charge in [-0.05, 0) is 0 Å². The second-order valence-electron chi connectivity index (χ2n) is 2.58. The minimum absolute atomic E-state index is 0.00363. The smallest absolute Gasteiger partial charge is 0.142 e. The standard InChI is InChI=1S/C6H8Br2O3/c7-5(3-1-9-3)11-6(8)4-2-10-4/h3-6H,1-2H2. The molecule has 2 fully saturated rings. The molecule has 2 aliphatic heterocycles. The summed E-state index contributed by atoms with van der Waals surface area (Å²) in [6, 6.07) is 0. The maximum absolute atomic E-state index is 5.48. The highest BCUT2D eigenvalue weighted by Gasteiger charge is 2.38. The summed E-state index contributed by atoms with van der Waals surface area (Å²) in [5, 5.41) is -0.00727. The van der Waals surface area contributed by atoms with Crippen molar-refractivity contribution in [3.05, 3.63) is 0 Å². The second kappa shape index (κ2) is 3.30. The molecule has 0 N–H and O–H groups in total. The first-order valence-corrected chi connectivity index (χ1v) is 5.27. The Hall–Kier alpha value is 0.840. The molecule has 0 aromatic heterocycles. The Balaban J connectivity index is 1.69. The van der Waals surface area contributed by atoms with Crippen LogP contribution >= 0.6 is 31.9 Å². The molecule has 0 aromatic carbocycles. The Morgan fingerprint density at radius 3 is 1.73 bits per heavy atom. The van der Waals surface area contributed by atoms with Crippen LogP contribution in [0.25, 0.3) is 0 Å². The van der Waals surface area contributed by atoms with Crippen LogP contribution in [0.4, 0.5) is 0 Å². The molecule has 0 spiro atoms. The van der Waals surface area contributed by atoms with Crippen molar-refractivity contribution in [2.45, 2.75) is 22.2 Å². The van der Waals surface area contributed by atoms with Gasteiger partial charge < -0.3 is 14.2 Å². The molecule has 2 heterocycles. The van der Waals surface area contributed by atoms with Crippen molar-refractivity contribution < 1.29 is 14.2 Å². The largest absolute Gasteiger partial charge is 0.369 e. The van der Waals surface area contributed by atoms with E-state index < -0.39 is 0 Å². The molecule has 0 bridgehead atoms. The van der Waals surface area contributed by atoms with Gasteiger partial charge in [-0.1, -0.05) is 31.9 Å². The summed E-state index contributed by atoms with van der Waals surface area (Å²) in [5.41, 5.74) is 0. The molecule has 0 amide bonds. The maximum atomic E-state index is 5.48. The van der Waals surface area contributed by atoms with E-state index >= 15 is 0 Å². The summed E-state index contributed by atoms with van der Waals surface area (Å²) in [7, 11) is 0. The maximum Gasteiger partial charge on any atom is 0.142 e. The molecule has 11 heavy (non-hydrogen) atoms. The van der Waals surface area contributed by atoms with E-state index in [0.717, 1.165) is 13.2 Å². The van der Waals surface area contributed by atoms with Crippen LogP contribution in [0.15, 0.2) is 0 Å². The topological polar surface area (TPSA) is 34.3 Å². The first-order chi connectivity index (χ1) is 5.27. The van der Waals surface area contributed by atoms with Crippen LogP contribution in [0, 0.1) is 0 Å². The van der Waals surface area contributed by atoms with Crippen molar-refractivity contribution in [1.29, 1.82) is 0 Å². The molecule has 2 aliphatic rings. The third-order valence-electron chi connectivity index (χ3n) is 1.56. The van der Waals surface area contributed by atoms with Crippen LogP contribution < -0.4 is 0 Å². The molecule has 4 atom stereocenters. The van der Waals surface area contributed by atoms with Crippen molar-refractivity contribution >= 4 is 31.9 Å². The number of epoxide rings is 2. The summed E-state index contributed by atoms with van der Waals surface area (Å²) >= 11 is 6.74. The Morgan fingerprint density at radius 1 is 1.09 bits per heavy atom. The van der Waals surface area contributed by atoms with E-state index in [1.165, 1.54) is 0 Å². The number of hydrogen-bond acceptors (Lipinski definition) is 3. The first-order valence-electron chi connectivity index (χ1n) is 3.44. The fourth-order valence-electron chi connectivity index (χ4n) is 0.713. The Kier molecular flexibility index (Phi) is 2.53. The lowest BCUT2D eigenvalue weighted by molar-refractivity contribution is 0.0654. The first kappa shape index (κ1) is 8.44. The van der Waals surface area contributed by atoms with Crippen molar-refractivity contribution in [2.75, 3.05) is 13.2 Å². The Bertz CT molecular complexity index is 131. The predicted octanol–water partition coefficient (Wildman–Crippen LogP) is 1.24. The zero-order valence-corrected chi connectivity index (χ0v) is 8.88. The zero-order valence-electron chi connectivity index (χ0n) is 5.70. The average Bonchev–Trinajstić information content (AvgIpc) is 2.84. The lowest BCUT2D eigenvalue weighted by Gasteiger charge is -2.12. The van der Waals surface area contributed by atoms with Crippen LogP contribution in [0.1, 0.15) is 0 Å². The van der Waals surface area contributed by atoms with Gasteiger partial charge in [-0.25, -0.2) is 0 Å². The van der Waals surface area contributed by atoms with E-state index in [1.807, 2.05) is 0 Å². The van der Waals surface area contributed by atoms with Crippen LogP contribution in [-0.2, 0) is 14.2 Å². The minimum Gasteiger partial charge on any atom is -0.369 e. The normalized spacial score (nSPS) is 39.8. The molecule has 64 valence electrons. The van der Waals surface area contributed by atoms with Crippen LogP contribution in [0.2, 0.25) is 0 Å². The summed E-state index contributed by atoms with van der Waals surface area (Å²) in [5.74, 6) is 0. The lowest BCUT2D eigenvalue weighted by Crippen LogP contribution is -2.21. The van der Waals surface area contributed by atoms with Crippen molar-refractivity contribution in [3.63, 3.8) is 0 Å². The van der Waals surface area contributed by atoms with Gasteiger partial charge in [0.1, 0.15) is 22.2 Å². The van der Waals surface area contributed by atoms with E-state index in [2.05, 4.69) is 31.9 Å². The van der Waals surface area contributed by atoms with E-state index in [9.17, 15) is 0 Å². The van der Waals surface area contributed by atoms with Gasteiger partial charge in [-0.3, -0.25) is 0 Å². The van der Waals surface area contributed by atoms with Crippen molar-refractivity contribution in [2.24, 2.45) is 0 Å². The van der Waals surface area contributed by atoms with Crippen LogP contribution in [0.3, 0.4) is 0 Å². The van der Waals surface area contributed by atoms with Gasteiger partial charge in [0.25, 0.3) is 0 Å². The number of alkyl halides is 2.